The van der Waals surface area contributed by atoms with Gasteiger partial charge in [-0.15, -0.1) is 11.6 Å². The summed E-state index contributed by atoms with van der Waals surface area (Å²) in [5.74, 6) is 1.51. The van der Waals surface area contributed by atoms with Crippen molar-refractivity contribution in [1.29, 1.82) is 0 Å². The first-order valence-corrected chi connectivity index (χ1v) is 8.03. The average Bonchev–Trinajstić information content (AvgIpc) is 2.49. The third-order valence-electron chi connectivity index (χ3n) is 3.10. The van der Waals surface area contributed by atoms with Crippen molar-refractivity contribution in [1.82, 2.24) is 0 Å². The molecule has 2 aromatic rings. The molecule has 0 aromatic heterocycles. The second-order valence-corrected chi connectivity index (χ2v) is 6.45. The second-order valence-electron chi connectivity index (χ2n) is 4.44. The monoisotopic (exact) mass is 420 g/mol. The number of alkyl halides is 1. The number of fused-ring (bicyclic) bond motifs is 1. The summed E-state index contributed by atoms with van der Waals surface area (Å²) in [6.45, 7) is 1.15. The van der Waals surface area contributed by atoms with Crippen molar-refractivity contribution >= 4 is 45.8 Å². The van der Waals surface area contributed by atoms with Gasteiger partial charge in [-0.25, -0.2) is 0 Å². The SMILES string of the molecule is Clc1cc(C(Cl)c2ccc3c(c2)OCCO3)ccc1I. The van der Waals surface area contributed by atoms with Gasteiger partial charge < -0.3 is 9.47 Å². The van der Waals surface area contributed by atoms with Gasteiger partial charge >= 0.3 is 0 Å². The van der Waals surface area contributed by atoms with Crippen LogP contribution in [0.4, 0.5) is 0 Å². The lowest BCUT2D eigenvalue weighted by molar-refractivity contribution is 0.171. The predicted octanol–water partition coefficient (Wildman–Crippen LogP) is 5.04. The lowest BCUT2D eigenvalue weighted by atomic mass is 10.0. The number of hydrogen-bond donors (Lipinski definition) is 0. The van der Waals surface area contributed by atoms with E-state index in [1.807, 2.05) is 36.4 Å². The Bertz CT molecular complexity index is 646. The fourth-order valence-corrected chi connectivity index (χ4v) is 2.88. The number of halogens is 3. The predicted molar refractivity (Wildman–Crippen MR) is 89.3 cm³/mol. The molecule has 0 spiro atoms. The summed E-state index contributed by atoms with van der Waals surface area (Å²) < 4.78 is 12.1. The van der Waals surface area contributed by atoms with Crippen molar-refractivity contribution in [3.05, 3.63) is 56.1 Å². The fourth-order valence-electron chi connectivity index (χ4n) is 2.08. The van der Waals surface area contributed by atoms with E-state index in [9.17, 15) is 0 Å². The Hall–Kier alpha value is -0.650. The summed E-state index contributed by atoms with van der Waals surface area (Å²) in [6, 6.07) is 11.6. The van der Waals surface area contributed by atoms with Gasteiger partial charge in [-0.3, -0.25) is 0 Å². The van der Waals surface area contributed by atoms with Crippen LogP contribution >= 0.6 is 45.8 Å². The number of hydrogen-bond acceptors (Lipinski definition) is 2. The minimum absolute atomic E-state index is 0.264. The molecule has 2 nitrogen and oxygen atoms in total. The maximum Gasteiger partial charge on any atom is 0.161 e. The highest BCUT2D eigenvalue weighted by molar-refractivity contribution is 14.1. The molecule has 0 aliphatic carbocycles. The molecule has 2 aromatic carbocycles. The third-order valence-corrected chi connectivity index (χ3v) is 5.17. The summed E-state index contributed by atoms with van der Waals surface area (Å²) in [5, 5.41) is 0.451. The number of ether oxygens (including phenoxy) is 2. The van der Waals surface area contributed by atoms with Crippen molar-refractivity contribution < 1.29 is 9.47 Å². The first-order chi connectivity index (χ1) is 9.65. The van der Waals surface area contributed by atoms with Crippen LogP contribution in [0.15, 0.2) is 36.4 Å². The van der Waals surface area contributed by atoms with Crippen LogP contribution in [-0.4, -0.2) is 13.2 Å². The minimum atomic E-state index is -0.264. The molecule has 0 radical (unpaired) electrons. The molecule has 104 valence electrons. The first kappa shape index (κ1) is 14.3. The first-order valence-electron chi connectivity index (χ1n) is 6.14. The Labute approximate surface area is 141 Å². The summed E-state index contributed by atoms with van der Waals surface area (Å²) in [7, 11) is 0. The molecule has 1 heterocycles. The van der Waals surface area contributed by atoms with E-state index in [-0.39, 0.29) is 5.38 Å². The Morgan fingerprint density at radius 1 is 0.950 bits per heavy atom. The van der Waals surface area contributed by atoms with Crippen LogP contribution in [0.25, 0.3) is 0 Å². The summed E-state index contributed by atoms with van der Waals surface area (Å²) in [6.07, 6.45) is 0. The molecule has 0 fully saturated rings. The smallest absolute Gasteiger partial charge is 0.161 e. The van der Waals surface area contributed by atoms with Gasteiger partial charge in [0.25, 0.3) is 0 Å². The van der Waals surface area contributed by atoms with Gasteiger partial charge in [0.2, 0.25) is 0 Å². The highest BCUT2D eigenvalue weighted by atomic mass is 127. The van der Waals surface area contributed by atoms with Crippen LogP contribution in [0.2, 0.25) is 5.02 Å². The van der Waals surface area contributed by atoms with Crippen LogP contribution in [0, 0.1) is 3.57 Å². The van der Waals surface area contributed by atoms with Crippen LogP contribution in [0.1, 0.15) is 16.5 Å². The highest BCUT2D eigenvalue weighted by Crippen LogP contribution is 2.37. The molecule has 0 N–H and O–H groups in total. The molecule has 0 saturated carbocycles. The largest absolute Gasteiger partial charge is 0.486 e. The van der Waals surface area contributed by atoms with Gasteiger partial charge in [-0.1, -0.05) is 23.7 Å². The van der Waals surface area contributed by atoms with E-state index in [1.165, 1.54) is 0 Å². The lowest BCUT2D eigenvalue weighted by Gasteiger charge is -2.20. The maximum atomic E-state index is 6.54. The van der Waals surface area contributed by atoms with Crippen LogP contribution < -0.4 is 9.47 Å². The fraction of sp³-hybridized carbons (Fsp3) is 0.200. The van der Waals surface area contributed by atoms with Crippen LogP contribution in [0.5, 0.6) is 11.5 Å². The van der Waals surface area contributed by atoms with E-state index in [2.05, 4.69) is 22.6 Å². The van der Waals surface area contributed by atoms with Crippen molar-refractivity contribution in [3.8, 4) is 11.5 Å². The molecule has 1 unspecified atom stereocenters. The highest BCUT2D eigenvalue weighted by Gasteiger charge is 2.17. The molecular formula is C15H11Cl2IO2. The molecule has 5 heteroatoms. The van der Waals surface area contributed by atoms with E-state index in [1.54, 1.807) is 0 Å². The van der Waals surface area contributed by atoms with E-state index in [0.717, 1.165) is 26.2 Å². The zero-order chi connectivity index (χ0) is 14.1. The summed E-state index contributed by atoms with van der Waals surface area (Å²) >= 11 is 14.9. The molecule has 0 saturated heterocycles. The van der Waals surface area contributed by atoms with E-state index < -0.39 is 0 Å². The van der Waals surface area contributed by atoms with Gasteiger partial charge in [0.05, 0.1) is 10.4 Å². The molecule has 1 aliphatic rings. The van der Waals surface area contributed by atoms with Gasteiger partial charge in [0.1, 0.15) is 13.2 Å². The number of benzene rings is 2. The van der Waals surface area contributed by atoms with Crippen LogP contribution in [0.3, 0.4) is 0 Å². The van der Waals surface area contributed by atoms with Gasteiger partial charge in [-0.05, 0) is 58.0 Å². The summed E-state index contributed by atoms with van der Waals surface area (Å²) in [4.78, 5) is 0. The molecule has 0 bridgehead atoms. The van der Waals surface area contributed by atoms with Crippen molar-refractivity contribution in [2.24, 2.45) is 0 Å². The van der Waals surface area contributed by atoms with E-state index in [4.69, 9.17) is 32.7 Å². The zero-order valence-corrected chi connectivity index (χ0v) is 14.1. The quantitative estimate of drug-likeness (QED) is 0.500. The Balaban J connectivity index is 1.93. The Morgan fingerprint density at radius 2 is 1.60 bits per heavy atom. The zero-order valence-electron chi connectivity index (χ0n) is 10.4. The maximum absolute atomic E-state index is 6.54. The minimum Gasteiger partial charge on any atom is -0.486 e. The average molecular weight is 421 g/mol. The lowest BCUT2D eigenvalue weighted by Crippen LogP contribution is -2.15. The van der Waals surface area contributed by atoms with Crippen molar-refractivity contribution in [2.45, 2.75) is 5.38 Å². The van der Waals surface area contributed by atoms with Crippen molar-refractivity contribution in [3.63, 3.8) is 0 Å². The molecular weight excluding hydrogens is 410 g/mol. The molecule has 1 aliphatic heterocycles. The van der Waals surface area contributed by atoms with E-state index in [0.29, 0.717) is 18.2 Å². The molecule has 20 heavy (non-hydrogen) atoms. The topological polar surface area (TPSA) is 18.5 Å². The van der Waals surface area contributed by atoms with E-state index >= 15 is 0 Å². The molecule has 3 rings (SSSR count). The Morgan fingerprint density at radius 3 is 2.35 bits per heavy atom. The molecule has 0 amide bonds. The second kappa shape index (κ2) is 6.00. The molecule has 1 atom stereocenters. The van der Waals surface area contributed by atoms with Gasteiger partial charge in [0, 0.05) is 3.57 Å². The standard InChI is InChI=1S/C15H11Cl2IO2/c16-11-7-9(1-3-12(11)18)15(17)10-2-4-13-14(8-10)20-6-5-19-13/h1-4,7-8,15H,5-6H2. The third kappa shape index (κ3) is 2.85. The van der Waals surface area contributed by atoms with Gasteiger partial charge in [0.15, 0.2) is 11.5 Å². The van der Waals surface area contributed by atoms with Gasteiger partial charge in [-0.2, -0.15) is 0 Å². The number of rotatable bonds is 2. The summed E-state index contributed by atoms with van der Waals surface area (Å²) in [5.41, 5.74) is 1.93. The van der Waals surface area contributed by atoms with Crippen molar-refractivity contribution in [2.75, 3.05) is 13.2 Å². The van der Waals surface area contributed by atoms with Crippen LogP contribution in [-0.2, 0) is 0 Å². The normalized spacial score (nSPS) is 14.9. The Kier molecular flexibility index (Phi) is 4.29.